The molecule has 1 aliphatic heterocycles. The van der Waals surface area contributed by atoms with Crippen LogP contribution in [0.4, 0.5) is 10.1 Å². The lowest BCUT2D eigenvalue weighted by Gasteiger charge is -2.12. The van der Waals surface area contributed by atoms with Crippen LogP contribution < -0.4 is 36.6 Å². The Bertz CT molecular complexity index is 1530. The van der Waals surface area contributed by atoms with Crippen molar-refractivity contribution in [2.24, 2.45) is 0 Å². The fourth-order valence-corrected chi connectivity index (χ4v) is 7.34. The van der Waals surface area contributed by atoms with E-state index in [1.165, 1.54) is 23.5 Å². The average molecular weight is 553 g/mol. The molecule has 34 heavy (non-hydrogen) atoms. The lowest BCUT2D eigenvalue weighted by Crippen LogP contribution is -3.00. The van der Waals surface area contributed by atoms with Gasteiger partial charge in [0.2, 0.25) is 0 Å². The van der Waals surface area contributed by atoms with E-state index in [-0.39, 0.29) is 23.8 Å². The molecule has 0 atom stereocenters. The van der Waals surface area contributed by atoms with Crippen LogP contribution in [-0.2, 0) is 13.1 Å². The van der Waals surface area contributed by atoms with Crippen LogP contribution in [0.2, 0.25) is 5.02 Å². The molecule has 5 rings (SSSR count). The molecule has 1 aliphatic rings. The van der Waals surface area contributed by atoms with E-state index in [2.05, 4.69) is 15.5 Å². The molecule has 0 radical (unpaired) electrons. The summed E-state index contributed by atoms with van der Waals surface area (Å²) < 4.78 is 18.8. The Morgan fingerprint density at radius 2 is 1.94 bits per heavy atom. The summed E-state index contributed by atoms with van der Waals surface area (Å²) in [4.78, 5) is 16.5. The minimum absolute atomic E-state index is 0. The summed E-state index contributed by atoms with van der Waals surface area (Å²) in [7, 11) is 1.98. The van der Waals surface area contributed by atoms with Crippen molar-refractivity contribution in [1.82, 2.24) is 4.57 Å². The molecule has 0 aliphatic carbocycles. The summed E-state index contributed by atoms with van der Waals surface area (Å²) in [6.45, 7) is 3.21. The molecule has 0 N–H and O–H groups in total. The number of benzene rings is 2. The zero-order chi connectivity index (χ0) is 23.1. The molecule has 2 aromatic heterocycles. The van der Waals surface area contributed by atoms with Crippen molar-refractivity contribution in [3.8, 4) is 0 Å². The van der Waals surface area contributed by atoms with E-state index in [9.17, 15) is 9.18 Å². The number of fused-ring (bicyclic) bond motifs is 1. The maximum Gasteiger partial charge on any atom is 0.271 e. The molecule has 4 aromatic rings. The average Bonchev–Trinajstić information content (AvgIpc) is 3.46. The molecule has 0 amide bonds. The third-order valence-corrected chi connectivity index (χ3v) is 9.00. The summed E-state index contributed by atoms with van der Waals surface area (Å²) >= 11 is 10.9. The summed E-state index contributed by atoms with van der Waals surface area (Å²) in [5.41, 5.74) is 2.09. The second kappa shape index (κ2) is 10.3. The number of rotatable bonds is 4. The lowest BCUT2D eigenvalue weighted by atomic mass is 10.2. The standard InChI is InChI=1S/C24H20ClFN3OS3.ClH/c1-3-29-21(13-20-28(10-11-31-20)14-15-4-7-17(26)8-5-15)33-22(23(29)30)24-27(2)18-9-6-16(25)12-19(18)32-24;/h4-13H,3,14H2,1-2H3;1H/q+1;/p-1/b24-22+;. The molecule has 3 heterocycles. The van der Waals surface area contributed by atoms with Gasteiger partial charge in [0.05, 0.1) is 17.1 Å². The van der Waals surface area contributed by atoms with Gasteiger partial charge in [-0.1, -0.05) is 34.7 Å². The van der Waals surface area contributed by atoms with Crippen molar-refractivity contribution in [2.75, 3.05) is 11.9 Å². The Hall–Kier alpha value is -2.10. The van der Waals surface area contributed by atoms with Crippen molar-refractivity contribution in [3.05, 3.63) is 95.0 Å². The highest BCUT2D eigenvalue weighted by molar-refractivity contribution is 8.08. The molecule has 2 aromatic carbocycles. The molecule has 0 saturated heterocycles. The first-order valence-corrected chi connectivity index (χ1v) is 13.2. The van der Waals surface area contributed by atoms with Gasteiger partial charge in [-0.3, -0.25) is 9.36 Å². The zero-order valence-corrected chi connectivity index (χ0v) is 22.3. The quantitative estimate of drug-likeness (QED) is 0.357. The number of hydrogen-bond donors (Lipinski definition) is 0. The minimum atomic E-state index is -0.240. The highest BCUT2D eigenvalue weighted by atomic mass is 35.5. The van der Waals surface area contributed by atoms with Crippen LogP contribution in [0.1, 0.15) is 17.5 Å². The fourth-order valence-electron chi connectivity index (χ4n) is 3.75. The maximum atomic E-state index is 13.3. The van der Waals surface area contributed by atoms with Gasteiger partial charge < -0.3 is 17.3 Å². The van der Waals surface area contributed by atoms with Crippen molar-refractivity contribution in [3.63, 3.8) is 0 Å². The molecule has 0 fully saturated rings. The number of thiazole rings is 2. The van der Waals surface area contributed by atoms with E-state index in [4.69, 9.17) is 11.6 Å². The molecule has 0 saturated carbocycles. The van der Waals surface area contributed by atoms with Crippen molar-refractivity contribution < 1.29 is 21.4 Å². The van der Waals surface area contributed by atoms with Gasteiger partial charge in [0.1, 0.15) is 20.0 Å². The lowest BCUT2D eigenvalue weighted by molar-refractivity contribution is -0.685. The SMILES string of the molecule is CCn1c(=O)/c(=C2\Sc3cc(Cl)ccc3N2C)s/c1=C\c1scc[n+]1Cc1ccc(F)cc1.[Cl-]. The Morgan fingerprint density at radius 3 is 2.68 bits per heavy atom. The van der Waals surface area contributed by atoms with Gasteiger partial charge in [0.25, 0.3) is 10.6 Å². The predicted octanol–water partition coefficient (Wildman–Crippen LogP) is 1.26. The van der Waals surface area contributed by atoms with Crippen LogP contribution in [0, 0.1) is 5.82 Å². The number of aromatic nitrogens is 2. The Morgan fingerprint density at radius 1 is 1.18 bits per heavy atom. The summed E-state index contributed by atoms with van der Waals surface area (Å²) in [5, 5.41) is 4.66. The molecule has 10 heteroatoms. The first-order chi connectivity index (χ1) is 15.9. The molecule has 4 nitrogen and oxygen atoms in total. The molecular formula is C24H20Cl2FN3OS3. The van der Waals surface area contributed by atoms with Crippen LogP contribution in [0.25, 0.3) is 11.1 Å². The molecule has 0 unspecified atom stereocenters. The summed E-state index contributed by atoms with van der Waals surface area (Å²) in [5.74, 6) is -0.240. The largest absolute Gasteiger partial charge is 1.00 e. The van der Waals surface area contributed by atoms with Gasteiger partial charge in [-0.15, -0.1) is 11.3 Å². The van der Waals surface area contributed by atoms with Crippen molar-refractivity contribution in [2.45, 2.75) is 24.9 Å². The van der Waals surface area contributed by atoms with E-state index < -0.39 is 0 Å². The van der Waals surface area contributed by atoms with Gasteiger partial charge in [-0.2, -0.15) is 4.57 Å². The Balaban J connectivity index is 0.00000274. The first-order valence-electron chi connectivity index (χ1n) is 10.3. The van der Waals surface area contributed by atoms with Crippen molar-refractivity contribution in [1.29, 1.82) is 0 Å². The van der Waals surface area contributed by atoms with Gasteiger partial charge >= 0.3 is 0 Å². The normalized spacial score (nSPS) is 14.9. The Labute approximate surface area is 219 Å². The van der Waals surface area contributed by atoms with Crippen LogP contribution >= 0.6 is 46.0 Å². The smallest absolute Gasteiger partial charge is 0.271 e. The Kier molecular flexibility index (Phi) is 7.54. The van der Waals surface area contributed by atoms with Crippen molar-refractivity contribution >= 4 is 62.8 Å². The predicted molar refractivity (Wildman–Crippen MR) is 136 cm³/mol. The number of anilines is 1. The van der Waals surface area contributed by atoms with Gasteiger partial charge in [-0.25, -0.2) is 4.39 Å². The van der Waals surface area contributed by atoms with Crippen LogP contribution in [0.5, 0.6) is 0 Å². The highest BCUT2D eigenvalue weighted by Gasteiger charge is 2.25. The van der Waals surface area contributed by atoms with E-state index >= 15 is 0 Å². The highest BCUT2D eigenvalue weighted by Crippen LogP contribution is 2.46. The third kappa shape index (κ3) is 4.70. The third-order valence-electron chi connectivity index (χ3n) is 5.44. The maximum absolute atomic E-state index is 13.3. The molecule has 0 spiro atoms. The second-order valence-corrected chi connectivity index (χ2v) is 11.0. The fraction of sp³-hybridized carbons (Fsp3) is 0.167. The molecule has 176 valence electrons. The van der Waals surface area contributed by atoms with E-state index in [0.717, 1.165) is 35.4 Å². The van der Waals surface area contributed by atoms with Gasteiger partial charge in [0, 0.05) is 29.1 Å². The van der Waals surface area contributed by atoms with E-state index in [0.29, 0.717) is 18.1 Å². The monoisotopic (exact) mass is 551 g/mol. The zero-order valence-electron chi connectivity index (χ0n) is 18.3. The number of nitrogens with zero attached hydrogens (tertiary/aromatic N) is 3. The first kappa shape index (κ1) is 25.0. The number of hydrogen-bond acceptors (Lipinski definition) is 5. The van der Waals surface area contributed by atoms with Gasteiger partial charge in [0.15, 0.2) is 12.7 Å². The molecular weight excluding hydrogens is 532 g/mol. The van der Waals surface area contributed by atoms with Crippen LogP contribution in [0.15, 0.2) is 63.7 Å². The topological polar surface area (TPSA) is 29.1 Å². The minimum Gasteiger partial charge on any atom is -1.00 e. The summed E-state index contributed by atoms with van der Waals surface area (Å²) in [6.07, 6.45) is 4.08. The van der Waals surface area contributed by atoms with E-state index in [1.807, 2.05) is 48.3 Å². The number of thioether (sulfide) groups is 1. The van der Waals surface area contributed by atoms with Crippen LogP contribution in [0.3, 0.4) is 0 Å². The summed E-state index contributed by atoms with van der Waals surface area (Å²) in [6, 6.07) is 12.3. The molecule has 0 bridgehead atoms. The van der Waals surface area contributed by atoms with E-state index in [1.54, 1.807) is 35.2 Å². The second-order valence-electron chi connectivity index (χ2n) is 7.54. The van der Waals surface area contributed by atoms with Gasteiger partial charge in [-0.05, 0) is 49.4 Å². The number of halogens is 3. The van der Waals surface area contributed by atoms with Crippen LogP contribution in [-0.4, -0.2) is 11.6 Å².